The summed E-state index contributed by atoms with van der Waals surface area (Å²) in [6.07, 6.45) is 7.56. The highest BCUT2D eigenvalue weighted by atomic mass is 32.1. The fourth-order valence-corrected chi connectivity index (χ4v) is 3.96. The quantitative estimate of drug-likeness (QED) is 0.803. The van der Waals surface area contributed by atoms with E-state index in [-0.39, 0.29) is 0 Å². The minimum absolute atomic E-state index is 0.384. The molecule has 0 spiro atoms. The molecule has 0 bridgehead atoms. The second-order valence-electron chi connectivity index (χ2n) is 6.22. The summed E-state index contributed by atoms with van der Waals surface area (Å²) in [6, 6.07) is 8.55. The van der Waals surface area contributed by atoms with Crippen LogP contribution >= 0.6 is 12.6 Å². The van der Waals surface area contributed by atoms with Gasteiger partial charge in [0.15, 0.2) is 0 Å². The van der Waals surface area contributed by atoms with Crippen molar-refractivity contribution >= 4 is 23.7 Å². The minimum Gasteiger partial charge on any atom is -0.327 e. The van der Waals surface area contributed by atoms with E-state index in [0.29, 0.717) is 5.41 Å². The highest BCUT2D eigenvalue weighted by Crippen LogP contribution is 2.41. The molecule has 3 heteroatoms. The van der Waals surface area contributed by atoms with Gasteiger partial charge in [0.25, 0.3) is 0 Å². The predicted molar refractivity (Wildman–Crippen MR) is 88.5 cm³/mol. The van der Waals surface area contributed by atoms with Gasteiger partial charge in [-0.05, 0) is 42.6 Å². The summed E-state index contributed by atoms with van der Waals surface area (Å²) in [6.45, 7) is 3.32. The van der Waals surface area contributed by atoms with Crippen molar-refractivity contribution < 1.29 is 0 Å². The Labute approximate surface area is 127 Å². The molecule has 20 heavy (non-hydrogen) atoms. The van der Waals surface area contributed by atoms with Gasteiger partial charge in [0.2, 0.25) is 0 Å². The lowest BCUT2D eigenvalue weighted by Crippen LogP contribution is -2.26. The van der Waals surface area contributed by atoms with Crippen LogP contribution in [0.5, 0.6) is 0 Å². The van der Waals surface area contributed by atoms with E-state index in [1.807, 2.05) is 0 Å². The van der Waals surface area contributed by atoms with E-state index in [2.05, 4.69) is 48.4 Å². The van der Waals surface area contributed by atoms with Crippen LogP contribution in [0.15, 0.2) is 24.3 Å². The van der Waals surface area contributed by atoms with E-state index in [1.54, 1.807) is 0 Å². The molecule has 2 aromatic rings. The number of aromatic nitrogens is 2. The van der Waals surface area contributed by atoms with Crippen molar-refractivity contribution in [2.75, 3.05) is 5.75 Å². The maximum absolute atomic E-state index is 4.85. The maximum Gasteiger partial charge on any atom is 0.109 e. The van der Waals surface area contributed by atoms with E-state index in [0.717, 1.165) is 30.7 Å². The number of aryl methyl sites for hydroxylation is 1. The number of hydrogen-bond acceptors (Lipinski definition) is 2. The highest BCUT2D eigenvalue weighted by molar-refractivity contribution is 7.80. The molecule has 1 aromatic heterocycles. The minimum atomic E-state index is 0.384. The van der Waals surface area contributed by atoms with Gasteiger partial charge in [-0.1, -0.05) is 31.9 Å². The van der Waals surface area contributed by atoms with Crippen molar-refractivity contribution in [3.05, 3.63) is 30.1 Å². The lowest BCUT2D eigenvalue weighted by molar-refractivity contribution is 0.290. The van der Waals surface area contributed by atoms with Gasteiger partial charge in [0.1, 0.15) is 5.82 Å². The van der Waals surface area contributed by atoms with E-state index < -0.39 is 0 Å². The van der Waals surface area contributed by atoms with Gasteiger partial charge in [0, 0.05) is 13.0 Å². The number of imidazole rings is 1. The molecule has 0 N–H and O–H groups in total. The van der Waals surface area contributed by atoms with Crippen LogP contribution in [-0.2, 0) is 13.0 Å². The summed E-state index contributed by atoms with van der Waals surface area (Å²) in [7, 11) is 0. The molecule has 0 amide bonds. The Balaban J connectivity index is 2.02. The number of fused-ring (bicyclic) bond motifs is 1. The zero-order chi connectivity index (χ0) is 14.0. The first-order valence-electron chi connectivity index (χ1n) is 7.83. The van der Waals surface area contributed by atoms with Crippen molar-refractivity contribution in [1.29, 1.82) is 0 Å². The molecule has 1 heterocycles. The van der Waals surface area contributed by atoms with Crippen LogP contribution in [0.2, 0.25) is 0 Å². The van der Waals surface area contributed by atoms with Crippen molar-refractivity contribution in [1.82, 2.24) is 9.55 Å². The Hall–Kier alpha value is -0.960. The van der Waals surface area contributed by atoms with E-state index in [1.165, 1.54) is 37.0 Å². The van der Waals surface area contributed by atoms with Crippen molar-refractivity contribution in [3.8, 4) is 0 Å². The summed E-state index contributed by atoms with van der Waals surface area (Å²) in [4.78, 5) is 4.85. The topological polar surface area (TPSA) is 17.8 Å². The molecule has 1 saturated carbocycles. The molecule has 1 fully saturated rings. The van der Waals surface area contributed by atoms with Crippen LogP contribution in [-0.4, -0.2) is 15.3 Å². The van der Waals surface area contributed by atoms with E-state index in [9.17, 15) is 0 Å². The van der Waals surface area contributed by atoms with Crippen molar-refractivity contribution in [2.24, 2.45) is 5.41 Å². The third kappa shape index (κ3) is 2.48. The van der Waals surface area contributed by atoms with Crippen LogP contribution in [0.4, 0.5) is 0 Å². The number of rotatable bonds is 5. The first kappa shape index (κ1) is 14.0. The molecule has 0 aliphatic heterocycles. The molecule has 2 nitrogen and oxygen atoms in total. The number of thiol groups is 1. The van der Waals surface area contributed by atoms with E-state index >= 15 is 0 Å². The van der Waals surface area contributed by atoms with Gasteiger partial charge < -0.3 is 4.57 Å². The molecule has 0 radical (unpaired) electrons. The number of hydrogen-bond donors (Lipinski definition) is 1. The Kier molecular flexibility index (Phi) is 4.06. The zero-order valence-electron chi connectivity index (χ0n) is 12.3. The van der Waals surface area contributed by atoms with Gasteiger partial charge in [-0.2, -0.15) is 12.6 Å². The first-order chi connectivity index (χ1) is 9.78. The van der Waals surface area contributed by atoms with Gasteiger partial charge in [-0.25, -0.2) is 4.98 Å². The highest BCUT2D eigenvalue weighted by Gasteiger charge is 2.33. The average Bonchev–Trinajstić information content (AvgIpc) is 3.07. The second kappa shape index (κ2) is 5.80. The van der Waals surface area contributed by atoms with Crippen LogP contribution in [0.25, 0.3) is 11.0 Å². The largest absolute Gasteiger partial charge is 0.327 e. The zero-order valence-corrected chi connectivity index (χ0v) is 13.2. The monoisotopic (exact) mass is 288 g/mol. The molecular weight excluding hydrogens is 264 g/mol. The Bertz CT molecular complexity index is 582. The number of benzene rings is 1. The average molecular weight is 288 g/mol. The third-order valence-corrected chi connectivity index (χ3v) is 5.37. The first-order valence-corrected chi connectivity index (χ1v) is 8.46. The summed E-state index contributed by atoms with van der Waals surface area (Å²) in [5.41, 5.74) is 2.82. The summed E-state index contributed by atoms with van der Waals surface area (Å²) in [5, 5.41) is 0. The van der Waals surface area contributed by atoms with Gasteiger partial charge in [-0.3, -0.25) is 0 Å². The van der Waals surface area contributed by atoms with Gasteiger partial charge in [0.05, 0.1) is 11.0 Å². The molecule has 1 aromatic carbocycles. The molecular formula is C17H24N2S. The SMILES string of the molecule is CCCc1nc2ccccc2n1CC1(CS)CCCC1. The van der Waals surface area contributed by atoms with Crippen molar-refractivity contribution in [3.63, 3.8) is 0 Å². The summed E-state index contributed by atoms with van der Waals surface area (Å²) < 4.78 is 2.47. The van der Waals surface area contributed by atoms with Crippen LogP contribution < -0.4 is 0 Å². The fraction of sp³-hybridized carbons (Fsp3) is 0.588. The maximum atomic E-state index is 4.85. The number of para-hydroxylation sites is 2. The normalized spacial score (nSPS) is 17.9. The van der Waals surface area contributed by atoms with Crippen LogP contribution in [0.3, 0.4) is 0 Å². The molecule has 0 atom stereocenters. The van der Waals surface area contributed by atoms with Gasteiger partial charge >= 0.3 is 0 Å². The molecule has 3 rings (SSSR count). The van der Waals surface area contributed by atoms with Crippen molar-refractivity contribution in [2.45, 2.75) is 52.0 Å². The summed E-state index contributed by atoms with van der Waals surface area (Å²) in [5.74, 6) is 2.24. The number of nitrogens with zero attached hydrogens (tertiary/aromatic N) is 2. The molecule has 1 aliphatic rings. The standard InChI is InChI=1S/C17H24N2S/c1-2-7-16-18-14-8-3-4-9-15(14)19(16)12-17(13-20)10-5-6-11-17/h3-4,8-9,20H,2,5-7,10-13H2,1H3. The van der Waals surface area contributed by atoms with Crippen LogP contribution in [0, 0.1) is 5.41 Å². The molecule has 1 aliphatic carbocycles. The second-order valence-corrected chi connectivity index (χ2v) is 6.53. The third-order valence-electron chi connectivity index (χ3n) is 4.70. The lowest BCUT2D eigenvalue weighted by Gasteiger charge is -2.28. The smallest absolute Gasteiger partial charge is 0.109 e. The van der Waals surface area contributed by atoms with E-state index in [4.69, 9.17) is 4.98 Å². The fourth-order valence-electron chi connectivity index (χ4n) is 3.54. The lowest BCUT2D eigenvalue weighted by atomic mass is 9.88. The van der Waals surface area contributed by atoms with Gasteiger partial charge in [-0.15, -0.1) is 0 Å². The Morgan fingerprint density at radius 3 is 2.70 bits per heavy atom. The predicted octanol–water partition coefficient (Wildman–Crippen LogP) is 4.48. The Morgan fingerprint density at radius 1 is 1.25 bits per heavy atom. The molecule has 0 saturated heterocycles. The molecule has 108 valence electrons. The van der Waals surface area contributed by atoms with Crippen LogP contribution in [0.1, 0.15) is 44.9 Å². The summed E-state index contributed by atoms with van der Waals surface area (Å²) >= 11 is 4.66. The Morgan fingerprint density at radius 2 is 2.00 bits per heavy atom. The molecule has 0 unspecified atom stereocenters.